The zero-order valence-corrected chi connectivity index (χ0v) is 17.4. The number of ether oxygens (including phenoxy) is 1. The van der Waals surface area contributed by atoms with E-state index in [1.807, 2.05) is 0 Å². The highest BCUT2D eigenvalue weighted by Crippen LogP contribution is 2.36. The van der Waals surface area contributed by atoms with Crippen molar-refractivity contribution < 1.29 is 33.2 Å². The van der Waals surface area contributed by atoms with Crippen LogP contribution in [-0.2, 0) is 12.7 Å². The number of aliphatic hydroxyl groups excluding tert-OH is 2. The minimum atomic E-state index is -4.56. The van der Waals surface area contributed by atoms with Crippen molar-refractivity contribution in [2.75, 3.05) is 18.5 Å². The summed E-state index contributed by atoms with van der Waals surface area (Å²) in [6, 6.07) is 7.93. The first-order valence-electron chi connectivity index (χ1n) is 9.98. The first kappa shape index (κ1) is 23.2. The molecule has 0 aliphatic carbocycles. The highest BCUT2D eigenvalue weighted by atomic mass is 19.4. The summed E-state index contributed by atoms with van der Waals surface area (Å²) in [5, 5.41) is 35.7. The number of benzene rings is 1. The van der Waals surface area contributed by atoms with Gasteiger partial charge in [0.2, 0.25) is 11.8 Å². The van der Waals surface area contributed by atoms with Crippen LogP contribution in [0.5, 0.6) is 11.8 Å². The Morgan fingerprint density at radius 1 is 1.09 bits per heavy atom. The van der Waals surface area contributed by atoms with Crippen molar-refractivity contribution in [1.29, 1.82) is 0 Å². The highest BCUT2D eigenvalue weighted by molar-refractivity contribution is 5.65. The minimum Gasteiger partial charge on any atom is -0.492 e. The predicted molar refractivity (Wildman–Crippen MR) is 113 cm³/mol. The van der Waals surface area contributed by atoms with E-state index < -0.39 is 24.5 Å². The molecule has 0 saturated carbocycles. The zero-order chi connectivity index (χ0) is 24.3. The Bertz CT molecular complexity index is 1300. The van der Waals surface area contributed by atoms with Gasteiger partial charge in [-0.15, -0.1) is 0 Å². The van der Waals surface area contributed by atoms with Gasteiger partial charge in [-0.05, 0) is 18.2 Å². The van der Waals surface area contributed by atoms with Crippen molar-refractivity contribution in [3.8, 4) is 23.0 Å². The van der Waals surface area contributed by atoms with Crippen LogP contribution in [0.25, 0.3) is 16.9 Å². The van der Waals surface area contributed by atoms with Crippen LogP contribution in [0.3, 0.4) is 0 Å². The summed E-state index contributed by atoms with van der Waals surface area (Å²) in [7, 11) is 0. The van der Waals surface area contributed by atoms with E-state index in [0.29, 0.717) is 0 Å². The molecule has 13 heteroatoms. The molecule has 0 saturated heterocycles. The standard InChI is InChI=1S/C21H19F3N6O4/c22-21(23,24)14-4-2-1-3-13(14)15-5-6-18-28-20(33)16(30(18)29-15)7-26-17-8-25-9-19(27-17)34-11-12(32)10-31/h1-6,8-9,12,31-33H,7,10-11H2,(H,26,27). The number of nitrogens with one attached hydrogen (secondary N) is 1. The molecule has 0 aliphatic heterocycles. The average molecular weight is 476 g/mol. The van der Waals surface area contributed by atoms with Gasteiger partial charge in [-0.3, -0.25) is 4.98 Å². The first-order chi connectivity index (χ1) is 16.3. The number of aromatic nitrogens is 5. The van der Waals surface area contributed by atoms with Gasteiger partial charge in [-0.25, -0.2) is 4.52 Å². The molecule has 178 valence electrons. The van der Waals surface area contributed by atoms with Crippen LogP contribution in [0.1, 0.15) is 11.3 Å². The SMILES string of the molecule is OCC(O)COc1cncc(NCc2c(O)nc3ccc(-c4ccccc4C(F)(F)F)nn23)n1. The molecule has 1 aromatic carbocycles. The molecule has 0 amide bonds. The molecule has 0 fully saturated rings. The predicted octanol–water partition coefficient (Wildman–Crippen LogP) is 2.25. The largest absolute Gasteiger partial charge is 0.492 e. The summed E-state index contributed by atoms with van der Waals surface area (Å²) < 4.78 is 46.8. The Balaban J connectivity index is 1.60. The smallest absolute Gasteiger partial charge is 0.417 e. The van der Waals surface area contributed by atoms with Crippen LogP contribution in [-0.4, -0.2) is 59.2 Å². The summed E-state index contributed by atoms with van der Waals surface area (Å²) >= 11 is 0. The maximum absolute atomic E-state index is 13.4. The van der Waals surface area contributed by atoms with Gasteiger partial charge in [0, 0.05) is 5.56 Å². The van der Waals surface area contributed by atoms with Gasteiger partial charge in [0.1, 0.15) is 24.2 Å². The topological polar surface area (TPSA) is 138 Å². The van der Waals surface area contributed by atoms with Crippen LogP contribution in [0, 0.1) is 0 Å². The van der Waals surface area contributed by atoms with E-state index >= 15 is 0 Å². The van der Waals surface area contributed by atoms with Gasteiger partial charge in [-0.2, -0.15) is 28.2 Å². The van der Waals surface area contributed by atoms with Gasteiger partial charge in [0.05, 0.1) is 36.8 Å². The molecule has 4 rings (SSSR count). The monoisotopic (exact) mass is 476 g/mol. The van der Waals surface area contributed by atoms with E-state index in [1.54, 1.807) is 0 Å². The van der Waals surface area contributed by atoms with Crippen molar-refractivity contribution in [1.82, 2.24) is 24.6 Å². The maximum Gasteiger partial charge on any atom is 0.417 e. The minimum absolute atomic E-state index is 0.0399. The van der Waals surface area contributed by atoms with Crippen LogP contribution in [0.15, 0.2) is 48.8 Å². The van der Waals surface area contributed by atoms with Crippen LogP contribution in [0.4, 0.5) is 19.0 Å². The normalized spacial score (nSPS) is 12.6. The Hall–Kier alpha value is -3.97. The number of rotatable bonds is 8. The molecule has 1 unspecified atom stereocenters. The fourth-order valence-electron chi connectivity index (χ4n) is 3.13. The average Bonchev–Trinajstić information content (AvgIpc) is 3.15. The van der Waals surface area contributed by atoms with E-state index in [2.05, 4.69) is 25.4 Å². The zero-order valence-electron chi connectivity index (χ0n) is 17.4. The lowest BCUT2D eigenvalue weighted by atomic mass is 10.0. The number of hydrogen-bond acceptors (Lipinski definition) is 9. The molecule has 3 heterocycles. The first-order valence-corrected chi connectivity index (χ1v) is 9.98. The van der Waals surface area contributed by atoms with Crippen molar-refractivity contribution in [3.63, 3.8) is 0 Å². The molecular weight excluding hydrogens is 457 g/mol. The van der Waals surface area contributed by atoms with Crippen molar-refractivity contribution >= 4 is 11.5 Å². The second-order valence-electron chi connectivity index (χ2n) is 7.16. The summed E-state index contributed by atoms with van der Waals surface area (Å²) in [6.45, 7) is -0.697. The third-order valence-electron chi connectivity index (χ3n) is 4.74. The number of nitrogens with zero attached hydrogens (tertiary/aromatic N) is 5. The maximum atomic E-state index is 13.4. The Kier molecular flexibility index (Phi) is 6.47. The molecular formula is C21H19F3N6O4. The Labute approximate surface area is 190 Å². The lowest BCUT2D eigenvalue weighted by molar-refractivity contribution is -0.137. The number of imidazole rings is 1. The second-order valence-corrected chi connectivity index (χ2v) is 7.16. The summed E-state index contributed by atoms with van der Waals surface area (Å²) in [4.78, 5) is 12.1. The fourth-order valence-corrected chi connectivity index (χ4v) is 3.13. The molecule has 10 nitrogen and oxygen atoms in total. The number of anilines is 1. The lowest BCUT2D eigenvalue weighted by Gasteiger charge is -2.12. The van der Waals surface area contributed by atoms with Crippen molar-refractivity contribution in [2.45, 2.75) is 18.8 Å². The van der Waals surface area contributed by atoms with E-state index in [9.17, 15) is 23.4 Å². The second kappa shape index (κ2) is 9.49. The summed E-state index contributed by atoms with van der Waals surface area (Å²) in [5.41, 5.74) is -0.459. The number of halogens is 3. The summed E-state index contributed by atoms with van der Waals surface area (Å²) in [5.74, 6) is -0.0133. The van der Waals surface area contributed by atoms with E-state index in [4.69, 9.17) is 9.84 Å². The Morgan fingerprint density at radius 2 is 1.88 bits per heavy atom. The van der Waals surface area contributed by atoms with E-state index in [0.717, 1.165) is 6.07 Å². The molecule has 0 bridgehead atoms. The molecule has 0 aliphatic rings. The van der Waals surface area contributed by atoms with E-state index in [1.165, 1.54) is 47.2 Å². The van der Waals surface area contributed by atoms with Gasteiger partial charge < -0.3 is 25.4 Å². The van der Waals surface area contributed by atoms with Gasteiger partial charge in [0.25, 0.3) is 0 Å². The van der Waals surface area contributed by atoms with Crippen LogP contribution in [0.2, 0.25) is 0 Å². The number of hydrogen-bond donors (Lipinski definition) is 4. The third kappa shape index (κ3) is 5.00. The fraction of sp³-hybridized carbons (Fsp3) is 0.238. The number of aromatic hydroxyl groups is 1. The molecule has 4 aromatic rings. The van der Waals surface area contributed by atoms with Gasteiger partial charge in [0.15, 0.2) is 5.65 Å². The van der Waals surface area contributed by atoms with Gasteiger partial charge in [-0.1, -0.05) is 18.2 Å². The molecule has 0 spiro atoms. The van der Waals surface area contributed by atoms with Crippen molar-refractivity contribution in [2.24, 2.45) is 0 Å². The third-order valence-corrected chi connectivity index (χ3v) is 4.74. The molecule has 3 aromatic heterocycles. The number of fused-ring (bicyclic) bond motifs is 1. The van der Waals surface area contributed by atoms with Gasteiger partial charge >= 0.3 is 6.18 Å². The molecule has 4 N–H and O–H groups in total. The van der Waals surface area contributed by atoms with E-state index in [-0.39, 0.29) is 53.3 Å². The molecule has 0 radical (unpaired) electrons. The van der Waals surface area contributed by atoms with Crippen LogP contribution < -0.4 is 10.1 Å². The molecule has 34 heavy (non-hydrogen) atoms. The summed E-state index contributed by atoms with van der Waals surface area (Å²) in [6.07, 6.45) is -2.94. The van der Waals surface area contributed by atoms with Crippen molar-refractivity contribution in [3.05, 3.63) is 60.0 Å². The number of aliphatic hydroxyl groups is 2. The van der Waals surface area contributed by atoms with Crippen LogP contribution >= 0.6 is 0 Å². The quantitative estimate of drug-likeness (QED) is 0.302. The number of alkyl halides is 3. The lowest BCUT2D eigenvalue weighted by Crippen LogP contribution is -2.21. The molecule has 1 atom stereocenters. The highest BCUT2D eigenvalue weighted by Gasteiger charge is 2.33. The Morgan fingerprint density at radius 3 is 2.65 bits per heavy atom.